The molecule has 1 N–H and O–H groups in total. The van der Waals surface area contributed by atoms with E-state index in [-0.39, 0.29) is 16.6 Å². The van der Waals surface area contributed by atoms with E-state index < -0.39 is 10.0 Å². The number of hydrogen-bond acceptors (Lipinski definition) is 6. The number of carbonyl (C=O) groups excluding carboxylic acids is 1. The highest BCUT2D eigenvalue weighted by molar-refractivity contribution is 7.92. The predicted molar refractivity (Wildman–Crippen MR) is 98.5 cm³/mol. The Kier molecular flexibility index (Phi) is 5.08. The first-order valence-corrected chi connectivity index (χ1v) is 9.77. The molecule has 8 nitrogen and oxygen atoms in total. The molecule has 0 unspecified atom stereocenters. The largest absolute Gasteiger partial charge is 0.352 e. The van der Waals surface area contributed by atoms with Gasteiger partial charge >= 0.3 is 0 Å². The molecule has 0 atom stereocenters. The van der Waals surface area contributed by atoms with Gasteiger partial charge in [0.1, 0.15) is 0 Å². The van der Waals surface area contributed by atoms with Crippen molar-refractivity contribution in [2.24, 2.45) is 0 Å². The Morgan fingerprint density at radius 1 is 1.00 bits per heavy atom. The summed E-state index contributed by atoms with van der Waals surface area (Å²) in [5, 5.41) is 8.08. The Bertz CT molecular complexity index is 874. The van der Waals surface area contributed by atoms with Crippen LogP contribution in [0, 0.1) is 6.92 Å². The van der Waals surface area contributed by atoms with Gasteiger partial charge in [-0.3, -0.25) is 9.52 Å². The zero-order chi connectivity index (χ0) is 18.7. The van der Waals surface area contributed by atoms with Crippen LogP contribution in [0.5, 0.6) is 0 Å². The zero-order valence-electron chi connectivity index (χ0n) is 14.7. The van der Waals surface area contributed by atoms with E-state index >= 15 is 0 Å². The molecular formula is C17H21N5O3S. The van der Waals surface area contributed by atoms with Gasteiger partial charge in [0, 0.05) is 33.1 Å². The van der Waals surface area contributed by atoms with Gasteiger partial charge in [-0.25, -0.2) is 8.42 Å². The number of benzene rings is 1. The third kappa shape index (κ3) is 4.10. The van der Waals surface area contributed by atoms with Crippen LogP contribution in [0.25, 0.3) is 0 Å². The first-order chi connectivity index (χ1) is 12.3. The summed E-state index contributed by atoms with van der Waals surface area (Å²) in [5.41, 5.74) is 0.984. The van der Waals surface area contributed by atoms with Crippen molar-refractivity contribution >= 4 is 27.6 Å². The maximum Gasteiger partial charge on any atom is 0.263 e. The van der Waals surface area contributed by atoms with Crippen LogP contribution < -0.4 is 9.62 Å². The fourth-order valence-corrected chi connectivity index (χ4v) is 3.71. The second-order valence-corrected chi connectivity index (χ2v) is 7.87. The Hall–Kier alpha value is -2.68. The van der Waals surface area contributed by atoms with Crippen molar-refractivity contribution in [1.82, 2.24) is 15.1 Å². The molecule has 1 amide bonds. The Labute approximate surface area is 152 Å². The predicted octanol–water partition coefficient (Wildman–Crippen LogP) is 1.25. The Morgan fingerprint density at radius 3 is 2.19 bits per heavy atom. The van der Waals surface area contributed by atoms with Crippen molar-refractivity contribution in [3.05, 3.63) is 42.0 Å². The third-order valence-electron chi connectivity index (χ3n) is 4.27. The van der Waals surface area contributed by atoms with Gasteiger partial charge in [-0.1, -0.05) is 17.7 Å². The minimum Gasteiger partial charge on any atom is -0.352 e. The summed E-state index contributed by atoms with van der Waals surface area (Å²) in [7, 11) is -3.69. The molecule has 0 radical (unpaired) electrons. The number of amides is 1. The smallest absolute Gasteiger partial charge is 0.263 e. The second-order valence-electron chi connectivity index (χ2n) is 6.19. The lowest BCUT2D eigenvalue weighted by molar-refractivity contribution is -0.129. The topological polar surface area (TPSA) is 95.5 Å². The molecule has 1 aliphatic rings. The van der Waals surface area contributed by atoms with E-state index in [0.29, 0.717) is 32.0 Å². The van der Waals surface area contributed by atoms with E-state index in [1.165, 1.54) is 0 Å². The lowest BCUT2D eigenvalue weighted by atomic mass is 10.2. The third-order valence-corrected chi connectivity index (χ3v) is 5.64. The fourth-order valence-electron chi connectivity index (χ4n) is 2.71. The highest BCUT2D eigenvalue weighted by Gasteiger charge is 2.20. The van der Waals surface area contributed by atoms with Crippen LogP contribution in [0.4, 0.5) is 11.6 Å². The summed E-state index contributed by atoms with van der Waals surface area (Å²) >= 11 is 0. The number of carbonyl (C=O) groups is 1. The van der Waals surface area contributed by atoms with Gasteiger partial charge in [-0.15, -0.1) is 10.2 Å². The van der Waals surface area contributed by atoms with Crippen LogP contribution in [-0.4, -0.2) is 55.6 Å². The molecule has 138 valence electrons. The minimum atomic E-state index is -3.69. The van der Waals surface area contributed by atoms with Gasteiger partial charge in [-0.2, -0.15) is 0 Å². The molecule has 26 heavy (non-hydrogen) atoms. The SMILES string of the molecule is CC(=O)N1CCN(c2ccc(NS(=O)(=O)c3ccc(C)cc3)nn2)CC1. The van der Waals surface area contributed by atoms with E-state index in [4.69, 9.17) is 0 Å². The molecule has 1 fully saturated rings. The molecule has 2 aromatic rings. The van der Waals surface area contributed by atoms with Crippen LogP contribution in [0.3, 0.4) is 0 Å². The number of aromatic nitrogens is 2. The highest BCUT2D eigenvalue weighted by Crippen LogP contribution is 2.17. The summed E-state index contributed by atoms with van der Waals surface area (Å²) in [5.74, 6) is 0.889. The van der Waals surface area contributed by atoms with Crippen LogP contribution in [0.2, 0.25) is 0 Å². The number of rotatable bonds is 4. The number of piperazine rings is 1. The van der Waals surface area contributed by atoms with Crippen LogP contribution in [0.15, 0.2) is 41.3 Å². The molecule has 1 aliphatic heterocycles. The minimum absolute atomic E-state index is 0.0663. The highest BCUT2D eigenvalue weighted by atomic mass is 32.2. The molecule has 9 heteroatoms. The standard InChI is InChI=1S/C17H21N5O3S/c1-13-3-5-15(6-4-13)26(24,25)20-16-7-8-17(19-18-16)22-11-9-21(10-12-22)14(2)23/h3-8H,9-12H2,1-2H3,(H,18,20). The lowest BCUT2D eigenvalue weighted by Crippen LogP contribution is -2.48. The molecule has 1 aromatic heterocycles. The van der Waals surface area contributed by atoms with Gasteiger partial charge in [-0.05, 0) is 31.2 Å². The Morgan fingerprint density at radius 2 is 1.65 bits per heavy atom. The van der Waals surface area contributed by atoms with Crippen molar-refractivity contribution in [1.29, 1.82) is 0 Å². The molecule has 2 heterocycles. The molecule has 1 aromatic carbocycles. The van der Waals surface area contributed by atoms with Crippen molar-refractivity contribution < 1.29 is 13.2 Å². The summed E-state index contributed by atoms with van der Waals surface area (Å²) in [6.45, 7) is 6.07. The summed E-state index contributed by atoms with van der Waals surface area (Å²) < 4.78 is 27.2. The van der Waals surface area contributed by atoms with E-state index in [0.717, 1.165) is 5.56 Å². The van der Waals surface area contributed by atoms with Crippen LogP contribution in [0.1, 0.15) is 12.5 Å². The Balaban J connectivity index is 1.66. The van der Waals surface area contributed by atoms with Gasteiger partial charge in [0.2, 0.25) is 5.91 Å². The van der Waals surface area contributed by atoms with Crippen molar-refractivity contribution in [3.8, 4) is 0 Å². The first kappa shape index (κ1) is 18.1. The summed E-state index contributed by atoms with van der Waals surface area (Å²) in [6, 6.07) is 9.89. The van der Waals surface area contributed by atoms with Gasteiger partial charge in [0.15, 0.2) is 11.6 Å². The molecule has 1 saturated heterocycles. The molecular weight excluding hydrogens is 354 g/mol. The lowest BCUT2D eigenvalue weighted by Gasteiger charge is -2.34. The molecule has 3 rings (SSSR count). The number of nitrogens with zero attached hydrogens (tertiary/aromatic N) is 4. The summed E-state index contributed by atoms with van der Waals surface area (Å²) in [4.78, 5) is 15.3. The molecule has 0 bridgehead atoms. The number of nitrogens with one attached hydrogen (secondary N) is 1. The van der Waals surface area contributed by atoms with Gasteiger partial charge in [0.05, 0.1) is 4.90 Å². The first-order valence-electron chi connectivity index (χ1n) is 8.29. The molecule has 0 aliphatic carbocycles. The van der Waals surface area contributed by atoms with Gasteiger partial charge < -0.3 is 9.80 Å². The maximum absolute atomic E-state index is 12.4. The number of aryl methyl sites for hydroxylation is 1. The normalized spacial score (nSPS) is 15.0. The van der Waals surface area contributed by atoms with Crippen LogP contribution >= 0.6 is 0 Å². The quantitative estimate of drug-likeness (QED) is 0.864. The number of anilines is 2. The van der Waals surface area contributed by atoms with Crippen molar-refractivity contribution in [2.75, 3.05) is 35.8 Å². The molecule has 0 saturated carbocycles. The van der Waals surface area contributed by atoms with E-state index in [2.05, 4.69) is 14.9 Å². The average molecular weight is 375 g/mol. The van der Waals surface area contributed by atoms with Crippen LogP contribution in [-0.2, 0) is 14.8 Å². The van der Waals surface area contributed by atoms with Crippen molar-refractivity contribution in [3.63, 3.8) is 0 Å². The van der Waals surface area contributed by atoms with E-state index in [1.54, 1.807) is 48.2 Å². The maximum atomic E-state index is 12.4. The van der Waals surface area contributed by atoms with Crippen molar-refractivity contribution in [2.45, 2.75) is 18.7 Å². The van der Waals surface area contributed by atoms with E-state index in [9.17, 15) is 13.2 Å². The monoisotopic (exact) mass is 375 g/mol. The second kappa shape index (κ2) is 7.28. The number of hydrogen-bond donors (Lipinski definition) is 1. The zero-order valence-corrected chi connectivity index (χ0v) is 15.5. The fraction of sp³-hybridized carbons (Fsp3) is 0.353. The molecule has 0 spiro atoms. The summed E-state index contributed by atoms with van der Waals surface area (Å²) in [6.07, 6.45) is 0. The average Bonchev–Trinajstić information content (AvgIpc) is 2.62. The van der Waals surface area contributed by atoms with Gasteiger partial charge in [0.25, 0.3) is 10.0 Å². The number of sulfonamides is 1. The van der Waals surface area contributed by atoms with E-state index in [1.807, 2.05) is 11.8 Å².